The molecule has 0 aliphatic heterocycles. The predicted molar refractivity (Wildman–Crippen MR) is 65.0 cm³/mol. The minimum atomic E-state index is -1.21. The Hall–Kier alpha value is -2.64. The van der Waals surface area contributed by atoms with E-state index in [0.717, 1.165) is 6.07 Å². The molecule has 0 saturated carbocycles. The van der Waals surface area contributed by atoms with Crippen LogP contribution < -0.4 is 0 Å². The van der Waals surface area contributed by atoms with Crippen LogP contribution in [0.4, 0.5) is 5.69 Å². The summed E-state index contributed by atoms with van der Waals surface area (Å²) in [6, 6.07) is 1.04. The first-order valence-electron chi connectivity index (χ1n) is 5.60. The highest BCUT2D eigenvalue weighted by Gasteiger charge is 2.19. The van der Waals surface area contributed by atoms with E-state index in [1.165, 1.54) is 10.8 Å². The Morgan fingerprint density at radius 2 is 2.26 bits per heavy atom. The fourth-order valence-electron chi connectivity index (χ4n) is 1.84. The van der Waals surface area contributed by atoms with Crippen LogP contribution in [0.15, 0.2) is 24.7 Å². The Bertz CT molecular complexity index is 628. The molecule has 8 nitrogen and oxygen atoms in total. The second-order valence-electron chi connectivity index (χ2n) is 3.90. The van der Waals surface area contributed by atoms with Crippen LogP contribution in [0.5, 0.6) is 0 Å². The van der Waals surface area contributed by atoms with Crippen molar-refractivity contribution in [3.8, 4) is 0 Å². The number of nitrogens with zero attached hydrogens (tertiary/aromatic N) is 4. The van der Waals surface area contributed by atoms with Gasteiger partial charge in [0.25, 0.3) is 5.69 Å². The van der Waals surface area contributed by atoms with Gasteiger partial charge in [-0.15, -0.1) is 0 Å². The van der Waals surface area contributed by atoms with Gasteiger partial charge in [-0.05, 0) is 6.92 Å². The average Bonchev–Trinajstić information content (AvgIpc) is 2.95. The molecule has 0 fully saturated rings. The van der Waals surface area contributed by atoms with Crippen LogP contribution in [0, 0.1) is 10.1 Å². The fourth-order valence-corrected chi connectivity index (χ4v) is 1.84. The third kappa shape index (κ3) is 2.46. The lowest BCUT2D eigenvalue weighted by Gasteiger charge is -2.07. The molecule has 0 amide bonds. The largest absolute Gasteiger partial charge is 0.477 e. The van der Waals surface area contributed by atoms with Crippen molar-refractivity contribution in [3.05, 3.63) is 46.3 Å². The molecule has 0 aliphatic rings. The molecule has 8 heteroatoms. The topological polar surface area (TPSA) is 103 Å². The number of carbonyl (C=O) groups is 1. The third-order valence-corrected chi connectivity index (χ3v) is 2.77. The zero-order valence-electron chi connectivity index (χ0n) is 10.2. The first-order valence-corrected chi connectivity index (χ1v) is 5.60. The second kappa shape index (κ2) is 4.92. The summed E-state index contributed by atoms with van der Waals surface area (Å²) in [4.78, 5) is 25.3. The summed E-state index contributed by atoms with van der Waals surface area (Å²) in [6.45, 7) is 2.80. The molecule has 2 aromatic heterocycles. The summed E-state index contributed by atoms with van der Waals surface area (Å²) in [6.07, 6.45) is 4.59. The Labute approximate surface area is 108 Å². The van der Waals surface area contributed by atoms with Crippen LogP contribution in [0.25, 0.3) is 0 Å². The number of hydrogen-bond acceptors (Lipinski definition) is 4. The van der Waals surface area contributed by atoms with E-state index in [-0.39, 0.29) is 17.9 Å². The molecule has 0 spiro atoms. The van der Waals surface area contributed by atoms with E-state index in [0.29, 0.717) is 12.4 Å². The summed E-state index contributed by atoms with van der Waals surface area (Å²) < 4.78 is 3.16. The van der Waals surface area contributed by atoms with Gasteiger partial charge in [-0.25, -0.2) is 9.78 Å². The smallest absolute Gasteiger partial charge is 0.352 e. The van der Waals surface area contributed by atoms with Crippen LogP contribution in [0.3, 0.4) is 0 Å². The molecular formula is C11H12N4O4. The van der Waals surface area contributed by atoms with Gasteiger partial charge < -0.3 is 14.2 Å². The number of rotatable bonds is 5. The number of aromatic carboxylic acids is 1. The number of aromatic nitrogens is 3. The number of imidazole rings is 1. The summed E-state index contributed by atoms with van der Waals surface area (Å²) in [5.74, 6) is -0.557. The molecule has 100 valence electrons. The Kier molecular flexibility index (Phi) is 3.32. The molecule has 0 radical (unpaired) electrons. The summed E-state index contributed by atoms with van der Waals surface area (Å²) in [7, 11) is 0. The van der Waals surface area contributed by atoms with E-state index < -0.39 is 10.9 Å². The number of hydrogen-bond donors (Lipinski definition) is 1. The number of carboxylic acids is 1. The number of carboxylic acid groups (broad SMARTS) is 1. The first-order chi connectivity index (χ1) is 9.02. The predicted octanol–water partition coefficient (Wildman–Crippen LogP) is 1.36. The van der Waals surface area contributed by atoms with Crippen LogP contribution in [-0.4, -0.2) is 30.1 Å². The van der Waals surface area contributed by atoms with E-state index in [1.807, 2.05) is 11.5 Å². The molecule has 2 rings (SSSR count). The van der Waals surface area contributed by atoms with Crippen molar-refractivity contribution in [2.24, 2.45) is 0 Å². The monoisotopic (exact) mass is 264 g/mol. The van der Waals surface area contributed by atoms with Crippen molar-refractivity contribution in [2.75, 3.05) is 0 Å². The fraction of sp³-hybridized carbons (Fsp3) is 0.273. The van der Waals surface area contributed by atoms with E-state index in [1.54, 1.807) is 12.4 Å². The second-order valence-corrected chi connectivity index (χ2v) is 3.90. The zero-order valence-corrected chi connectivity index (χ0v) is 10.2. The SMILES string of the molecule is CCn1ccnc1Cn1cc([N+](=O)[O-])cc1C(=O)O. The van der Waals surface area contributed by atoms with Crippen molar-refractivity contribution in [2.45, 2.75) is 20.0 Å². The lowest BCUT2D eigenvalue weighted by Crippen LogP contribution is -2.12. The third-order valence-electron chi connectivity index (χ3n) is 2.77. The van der Waals surface area contributed by atoms with Crippen LogP contribution in [0.2, 0.25) is 0 Å². The van der Waals surface area contributed by atoms with Crippen LogP contribution in [-0.2, 0) is 13.1 Å². The molecular weight excluding hydrogens is 252 g/mol. The Morgan fingerprint density at radius 3 is 2.84 bits per heavy atom. The van der Waals surface area contributed by atoms with Gasteiger partial charge in [0.05, 0.1) is 17.7 Å². The number of aryl methyl sites for hydroxylation is 1. The summed E-state index contributed by atoms with van der Waals surface area (Å²) in [5, 5.41) is 19.7. The molecule has 2 heterocycles. The molecule has 0 bridgehead atoms. The van der Waals surface area contributed by atoms with Crippen LogP contribution >= 0.6 is 0 Å². The molecule has 0 saturated heterocycles. The first kappa shape index (κ1) is 12.8. The highest BCUT2D eigenvalue weighted by Crippen LogP contribution is 2.17. The Balaban J connectivity index is 2.38. The minimum absolute atomic E-state index is 0.127. The lowest BCUT2D eigenvalue weighted by atomic mass is 10.4. The lowest BCUT2D eigenvalue weighted by molar-refractivity contribution is -0.384. The highest BCUT2D eigenvalue weighted by molar-refractivity contribution is 5.86. The quantitative estimate of drug-likeness (QED) is 0.648. The van der Waals surface area contributed by atoms with Gasteiger partial charge in [0.15, 0.2) is 0 Å². The van der Waals surface area contributed by atoms with Crippen molar-refractivity contribution >= 4 is 11.7 Å². The maximum absolute atomic E-state index is 11.1. The summed E-state index contributed by atoms with van der Waals surface area (Å²) in [5.41, 5.74) is -0.371. The van der Waals surface area contributed by atoms with Gasteiger partial charge >= 0.3 is 5.97 Å². The van der Waals surface area contributed by atoms with E-state index in [4.69, 9.17) is 5.11 Å². The standard InChI is InChI=1S/C11H12N4O4/c1-2-13-4-3-12-10(13)7-14-6-8(15(18)19)5-9(14)11(16)17/h3-6H,2,7H2,1H3,(H,16,17). The Morgan fingerprint density at radius 1 is 1.53 bits per heavy atom. The van der Waals surface area contributed by atoms with Gasteiger partial charge in [-0.1, -0.05) is 0 Å². The van der Waals surface area contributed by atoms with E-state index in [9.17, 15) is 14.9 Å². The van der Waals surface area contributed by atoms with Gasteiger partial charge in [0.1, 0.15) is 11.5 Å². The normalized spacial score (nSPS) is 10.6. The van der Waals surface area contributed by atoms with Crippen molar-refractivity contribution < 1.29 is 14.8 Å². The molecule has 19 heavy (non-hydrogen) atoms. The minimum Gasteiger partial charge on any atom is -0.477 e. The summed E-state index contributed by atoms with van der Waals surface area (Å²) >= 11 is 0. The van der Waals surface area contributed by atoms with Gasteiger partial charge in [-0.2, -0.15) is 0 Å². The van der Waals surface area contributed by atoms with E-state index in [2.05, 4.69) is 4.98 Å². The van der Waals surface area contributed by atoms with E-state index >= 15 is 0 Å². The van der Waals surface area contributed by atoms with Crippen molar-refractivity contribution in [1.82, 2.24) is 14.1 Å². The van der Waals surface area contributed by atoms with Crippen molar-refractivity contribution in [3.63, 3.8) is 0 Å². The maximum Gasteiger partial charge on any atom is 0.352 e. The molecule has 0 atom stereocenters. The zero-order chi connectivity index (χ0) is 14.0. The molecule has 0 unspecified atom stereocenters. The van der Waals surface area contributed by atoms with Gasteiger partial charge in [0.2, 0.25) is 0 Å². The highest BCUT2D eigenvalue weighted by atomic mass is 16.6. The molecule has 1 N–H and O–H groups in total. The van der Waals surface area contributed by atoms with Crippen molar-refractivity contribution in [1.29, 1.82) is 0 Å². The van der Waals surface area contributed by atoms with Crippen LogP contribution in [0.1, 0.15) is 23.2 Å². The maximum atomic E-state index is 11.1. The van der Waals surface area contributed by atoms with Gasteiger partial charge in [-0.3, -0.25) is 10.1 Å². The number of nitro groups is 1. The molecule has 0 aliphatic carbocycles. The average molecular weight is 264 g/mol. The van der Waals surface area contributed by atoms with Gasteiger partial charge in [0, 0.05) is 25.0 Å². The molecule has 2 aromatic rings. The molecule has 0 aromatic carbocycles.